The van der Waals surface area contributed by atoms with Crippen molar-refractivity contribution >= 4 is 25.5 Å². The molecule has 0 radical (unpaired) electrons. The van der Waals surface area contributed by atoms with Gasteiger partial charge in [0, 0.05) is 23.9 Å². The van der Waals surface area contributed by atoms with Crippen LogP contribution >= 0.6 is 0 Å². The topological polar surface area (TPSA) is 91.8 Å². The number of halogens is 3. The molecule has 1 saturated carbocycles. The minimum Gasteiger partial charge on any atom is -0.366 e. The lowest BCUT2D eigenvalue weighted by Gasteiger charge is -2.33. The van der Waals surface area contributed by atoms with Crippen LogP contribution < -0.4 is 4.31 Å². The monoisotopic (exact) mass is 577 g/mol. The predicted molar refractivity (Wildman–Crippen MR) is 141 cm³/mol. The summed E-state index contributed by atoms with van der Waals surface area (Å²) >= 11 is 0. The van der Waals surface area contributed by atoms with Gasteiger partial charge in [-0.25, -0.2) is 16.8 Å². The normalized spacial score (nSPS) is 15.6. The Balaban J connectivity index is 1.89. The highest BCUT2D eigenvalue weighted by atomic mass is 32.2. The number of aliphatic hydroxyl groups is 1. The van der Waals surface area contributed by atoms with Crippen molar-refractivity contribution in [1.29, 1.82) is 0 Å². The van der Waals surface area contributed by atoms with E-state index in [4.69, 9.17) is 0 Å². The van der Waals surface area contributed by atoms with E-state index in [1.165, 1.54) is 67.6 Å². The molecule has 0 heterocycles. The number of anilines is 1. The van der Waals surface area contributed by atoms with Gasteiger partial charge in [0.25, 0.3) is 15.6 Å². The quantitative estimate of drug-likeness (QED) is 0.407. The number of sulfone groups is 1. The molecular formula is C28H26F3NO5S2. The van der Waals surface area contributed by atoms with Crippen LogP contribution in [0.1, 0.15) is 29.5 Å². The predicted octanol–water partition coefficient (Wildman–Crippen LogP) is 4.81. The average Bonchev–Trinajstić information content (AvgIpc) is 3.70. The molecule has 3 aromatic carbocycles. The molecule has 1 unspecified atom stereocenters. The molecule has 4 rings (SSSR count). The Labute approximate surface area is 226 Å². The van der Waals surface area contributed by atoms with Crippen LogP contribution in [0.3, 0.4) is 0 Å². The maximum absolute atomic E-state index is 14.6. The molecule has 1 aliphatic rings. The second-order valence-electron chi connectivity index (χ2n) is 9.57. The molecule has 206 valence electrons. The molecule has 0 aromatic heterocycles. The van der Waals surface area contributed by atoms with Crippen LogP contribution in [0.15, 0.2) is 82.6 Å². The third kappa shape index (κ3) is 6.13. The highest BCUT2D eigenvalue weighted by molar-refractivity contribution is 7.92. The summed E-state index contributed by atoms with van der Waals surface area (Å²) < 4.78 is 95.4. The number of sulfonamides is 1. The number of hydrogen-bond donors (Lipinski definition) is 1. The zero-order valence-electron chi connectivity index (χ0n) is 21.1. The highest BCUT2D eigenvalue weighted by Gasteiger charge is 2.56. The van der Waals surface area contributed by atoms with Crippen molar-refractivity contribution in [2.24, 2.45) is 5.92 Å². The third-order valence-corrected chi connectivity index (χ3v) is 9.27. The van der Waals surface area contributed by atoms with E-state index in [1.54, 1.807) is 6.07 Å². The van der Waals surface area contributed by atoms with Gasteiger partial charge in [-0.3, -0.25) is 4.31 Å². The highest BCUT2D eigenvalue weighted by Crippen LogP contribution is 2.45. The minimum atomic E-state index is -5.31. The average molecular weight is 578 g/mol. The van der Waals surface area contributed by atoms with Gasteiger partial charge in [-0.2, -0.15) is 13.2 Å². The first kappa shape index (κ1) is 28.7. The zero-order chi connectivity index (χ0) is 28.6. The second kappa shape index (κ2) is 10.3. The van der Waals surface area contributed by atoms with E-state index in [9.17, 15) is 35.1 Å². The molecular weight excluding hydrogens is 551 g/mol. The van der Waals surface area contributed by atoms with Gasteiger partial charge in [0.05, 0.1) is 15.5 Å². The molecule has 1 atom stereocenters. The van der Waals surface area contributed by atoms with Crippen LogP contribution in [0.2, 0.25) is 0 Å². The number of hydrogen-bond acceptors (Lipinski definition) is 5. The molecule has 0 amide bonds. The van der Waals surface area contributed by atoms with Crippen LogP contribution in [-0.4, -0.2) is 40.9 Å². The van der Waals surface area contributed by atoms with Gasteiger partial charge in [0.15, 0.2) is 9.84 Å². The van der Waals surface area contributed by atoms with Gasteiger partial charge in [-0.15, -0.1) is 0 Å². The minimum absolute atomic E-state index is 0.0314. The smallest absolute Gasteiger partial charge is 0.366 e. The molecule has 0 bridgehead atoms. The number of alkyl halides is 3. The fourth-order valence-electron chi connectivity index (χ4n) is 3.98. The summed E-state index contributed by atoms with van der Waals surface area (Å²) in [6.45, 7) is 1.47. The summed E-state index contributed by atoms with van der Waals surface area (Å²) in [6, 6.07) is 16.1. The van der Waals surface area contributed by atoms with Crippen molar-refractivity contribution in [3.8, 4) is 11.8 Å². The fraction of sp³-hybridized carbons (Fsp3) is 0.286. The van der Waals surface area contributed by atoms with Crippen LogP contribution in [0.5, 0.6) is 0 Å². The zero-order valence-corrected chi connectivity index (χ0v) is 22.7. The lowest BCUT2D eigenvalue weighted by molar-refractivity contribution is -0.240. The van der Waals surface area contributed by atoms with E-state index < -0.39 is 37.2 Å². The summed E-state index contributed by atoms with van der Waals surface area (Å²) in [7, 11) is -7.82. The van der Waals surface area contributed by atoms with E-state index in [0.717, 1.165) is 29.5 Å². The molecule has 39 heavy (non-hydrogen) atoms. The molecule has 0 aliphatic heterocycles. The van der Waals surface area contributed by atoms with Gasteiger partial charge in [-0.05, 0) is 80.1 Å². The fourth-order valence-corrected chi connectivity index (χ4v) is 6.19. The van der Waals surface area contributed by atoms with Gasteiger partial charge < -0.3 is 5.11 Å². The van der Waals surface area contributed by atoms with Gasteiger partial charge >= 0.3 is 6.18 Å². The van der Waals surface area contributed by atoms with Crippen LogP contribution in [0, 0.1) is 24.7 Å². The van der Waals surface area contributed by atoms with Crippen LogP contribution in [0.25, 0.3) is 0 Å². The van der Waals surface area contributed by atoms with Crippen molar-refractivity contribution in [2.45, 2.75) is 41.3 Å². The Morgan fingerprint density at radius 2 is 1.54 bits per heavy atom. The molecule has 11 heteroatoms. The van der Waals surface area contributed by atoms with Crippen LogP contribution in [0.4, 0.5) is 18.9 Å². The second-order valence-corrected chi connectivity index (χ2v) is 13.4. The number of rotatable bonds is 7. The van der Waals surface area contributed by atoms with E-state index in [-0.39, 0.29) is 33.5 Å². The standard InChI is InChI=1S/C28H26F3NO5S2/c1-20-8-15-26(32(19-22-9-10-22)39(36,37)24-6-4-3-5-7-24)25(18-20)27(33,28(29,30)31)17-16-21-11-13-23(14-12-21)38(2,34)35/h3-8,11-15,18,22,33H,9-10,19H2,1-2H3. The van der Waals surface area contributed by atoms with Crippen molar-refractivity contribution in [1.82, 2.24) is 0 Å². The Hall–Kier alpha value is -3.33. The Morgan fingerprint density at radius 1 is 0.923 bits per heavy atom. The maximum atomic E-state index is 14.6. The molecule has 1 fully saturated rings. The lowest BCUT2D eigenvalue weighted by Crippen LogP contribution is -2.43. The number of aryl methyl sites for hydroxylation is 1. The Kier molecular flexibility index (Phi) is 7.60. The van der Waals surface area contributed by atoms with Gasteiger partial charge in [0.2, 0.25) is 0 Å². The molecule has 0 saturated heterocycles. The van der Waals surface area contributed by atoms with Gasteiger partial charge in [-0.1, -0.05) is 35.7 Å². The van der Waals surface area contributed by atoms with Crippen molar-refractivity contribution in [3.63, 3.8) is 0 Å². The molecule has 3 aromatic rings. The third-order valence-electron chi connectivity index (χ3n) is 6.34. The molecule has 0 spiro atoms. The SMILES string of the molecule is Cc1ccc(N(CC2CC2)S(=O)(=O)c2ccccc2)c(C(O)(C#Cc2ccc(S(C)(=O)=O)cc2)C(F)(F)F)c1. The Bertz CT molecular complexity index is 1640. The summed E-state index contributed by atoms with van der Waals surface area (Å²) in [5.41, 5.74) is -4.38. The number of nitrogens with zero attached hydrogens (tertiary/aromatic N) is 1. The summed E-state index contributed by atoms with van der Waals surface area (Å²) in [5, 5.41) is 11.2. The van der Waals surface area contributed by atoms with E-state index in [1.807, 2.05) is 5.92 Å². The maximum Gasteiger partial charge on any atom is 0.433 e. The lowest BCUT2D eigenvalue weighted by atomic mass is 9.90. The first-order valence-corrected chi connectivity index (χ1v) is 15.3. The first-order chi connectivity index (χ1) is 18.1. The summed E-state index contributed by atoms with van der Waals surface area (Å²) in [5.74, 6) is 4.18. The summed E-state index contributed by atoms with van der Waals surface area (Å²) in [4.78, 5) is -0.133. The van der Waals surface area contributed by atoms with Gasteiger partial charge in [0.1, 0.15) is 0 Å². The summed E-state index contributed by atoms with van der Waals surface area (Å²) in [6.07, 6.45) is -2.85. The van der Waals surface area contributed by atoms with Crippen molar-refractivity contribution in [2.75, 3.05) is 17.1 Å². The van der Waals surface area contributed by atoms with Crippen molar-refractivity contribution in [3.05, 3.63) is 89.5 Å². The Morgan fingerprint density at radius 3 is 2.08 bits per heavy atom. The molecule has 1 aliphatic carbocycles. The van der Waals surface area contributed by atoms with E-state index >= 15 is 0 Å². The largest absolute Gasteiger partial charge is 0.433 e. The van der Waals surface area contributed by atoms with Crippen LogP contribution in [-0.2, 0) is 25.5 Å². The molecule has 1 N–H and O–H groups in total. The van der Waals surface area contributed by atoms with Crippen molar-refractivity contribution < 1.29 is 35.1 Å². The first-order valence-electron chi connectivity index (χ1n) is 11.9. The van der Waals surface area contributed by atoms with E-state index in [0.29, 0.717) is 5.56 Å². The van der Waals surface area contributed by atoms with E-state index in [2.05, 4.69) is 5.92 Å². The molecule has 6 nitrogen and oxygen atoms in total. The number of benzene rings is 3.